The van der Waals surface area contributed by atoms with Crippen LogP contribution in [0.15, 0.2) is 59.7 Å². The minimum Gasteiger partial charge on any atom is -0.392 e. The Morgan fingerprint density at radius 2 is 1.97 bits per heavy atom. The normalized spacial score (nSPS) is 16.1. The summed E-state index contributed by atoms with van der Waals surface area (Å²) in [6.45, 7) is 0.0606. The van der Waals surface area contributed by atoms with Gasteiger partial charge in [-0.2, -0.15) is 0 Å². The maximum atomic E-state index is 13.2. The number of nitrogens with zero attached hydrogens (tertiary/aromatic N) is 2. The van der Waals surface area contributed by atoms with E-state index in [-0.39, 0.29) is 18.2 Å². The van der Waals surface area contributed by atoms with E-state index in [0.717, 1.165) is 40.8 Å². The number of halogens is 1. The summed E-state index contributed by atoms with van der Waals surface area (Å²) in [5, 5.41) is 10.0. The number of thiophene rings is 1. The van der Waals surface area contributed by atoms with Gasteiger partial charge in [-0.15, -0.1) is 11.3 Å². The third-order valence-corrected chi connectivity index (χ3v) is 7.05. The third-order valence-electron chi connectivity index (χ3n) is 5.64. The van der Waals surface area contributed by atoms with Gasteiger partial charge in [0.15, 0.2) is 0 Å². The molecule has 4 aromatic rings. The van der Waals surface area contributed by atoms with Gasteiger partial charge in [-0.3, -0.25) is 9.36 Å². The van der Waals surface area contributed by atoms with Gasteiger partial charge < -0.3 is 5.11 Å². The van der Waals surface area contributed by atoms with Crippen LogP contribution < -0.4 is 5.56 Å². The van der Waals surface area contributed by atoms with Crippen molar-refractivity contribution in [2.75, 3.05) is 0 Å². The summed E-state index contributed by atoms with van der Waals surface area (Å²) >= 11 is 7.47. The fourth-order valence-electron chi connectivity index (χ4n) is 4.07. The zero-order valence-corrected chi connectivity index (χ0v) is 17.2. The minimum absolute atomic E-state index is 0.0284. The van der Waals surface area contributed by atoms with Gasteiger partial charge in [-0.1, -0.05) is 41.9 Å². The number of aliphatic hydroxyl groups excluding tert-OH is 1. The fraction of sp³-hybridized carbons (Fsp3) is 0.217. The van der Waals surface area contributed by atoms with Crippen LogP contribution in [0, 0.1) is 0 Å². The van der Waals surface area contributed by atoms with E-state index in [0.29, 0.717) is 9.72 Å². The first-order valence-electron chi connectivity index (χ1n) is 9.60. The van der Waals surface area contributed by atoms with Gasteiger partial charge in [-0.05, 0) is 59.7 Å². The number of aliphatic hydroxyl groups is 1. The highest BCUT2D eigenvalue weighted by atomic mass is 35.5. The molecular formula is C23H19ClN2O2S. The molecule has 0 bridgehead atoms. The van der Waals surface area contributed by atoms with Gasteiger partial charge in [0.05, 0.1) is 18.5 Å². The second-order valence-corrected chi connectivity index (χ2v) is 8.94. The first-order chi connectivity index (χ1) is 14.1. The SMILES string of the molecule is O=c1c2sc(-c3ccc(Cl)cc3)cc2ncn1C1CCc2cc(CO)ccc2C1. The Morgan fingerprint density at radius 3 is 2.76 bits per heavy atom. The van der Waals surface area contributed by atoms with Crippen molar-refractivity contribution >= 4 is 33.2 Å². The highest BCUT2D eigenvalue weighted by Crippen LogP contribution is 2.33. The molecule has 0 amide bonds. The Bertz CT molecular complexity index is 1260. The molecule has 2 aromatic carbocycles. The Balaban J connectivity index is 1.50. The lowest BCUT2D eigenvalue weighted by Crippen LogP contribution is -2.28. The Morgan fingerprint density at radius 1 is 1.14 bits per heavy atom. The maximum absolute atomic E-state index is 13.2. The van der Waals surface area contributed by atoms with E-state index in [1.165, 1.54) is 22.5 Å². The molecule has 4 nitrogen and oxygen atoms in total. The molecule has 0 fully saturated rings. The van der Waals surface area contributed by atoms with Crippen molar-refractivity contribution in [3.05, 3.63) is 86.9 Å². The van der Waals surface area contributed by atoms with Gasteiger partial charge in [0.1, 0.15) is 4.70 Å². The number of benzene rings is 2. The van der Waals surface area contributed by atoms with Crippen molar-refractivity contribution < 1.29 is 5.11 Å². The zero-order chi connectivity index (χ0) is 20.0. The van der Waals surface area contributed by atoms with Gasteiger partial charge in [-0.25, -0.2) is 4.98 Å². The summed E-state index contributed by atoms with van der Waals surface area (Å²) < 4.78 is 2.49. The molecule has 0 spiro atoms. The number of aromatic nitrogens is 2. The van der Waals surface area contributed by atoms with E-state index in [1.807, 2.05) is 36.4 Å². The van der Waals surface area contributed by atoms with E-state index >= 15 is 0 Å². The van der Waals surface area contributed by atoms with Gasteiger partial charge in [0, 0.05) is 15.9 Å². The van der Waals surface area contributed by atoms with Gasteiger partial charge in [0.25, 0.3) is 5.56 Å². The molecule has 1 aliphatic rings. The molecule has 2 aromatic heterocycles. The van der Waals surface area contributed by atoms with E-state index in [4.69, 9.17) is 11.6 Å². The number of rotatable bonds is 3. The molecule has 1 atom stereocenters. The van der Waals surface area contributed by atoms with Crippen molar-refractivity contribution in [1.29, 1.82) is 0 Å². The van der Waals surface area contributed by atoms with E-state index in [1.54, 1.807) is 10.9 Å². The summed E-state index contributed by atoms with van der Waals surface area (Å²) in [4.78, 5) is 18.8. The third kappa shape index (κ3) is 3.39. The molecule has 146 valence electrons. The largest absolute Gasteiger partial charge is 0.392 e. The minimum atomic E-state index is 0.0284. The molecular weight excluding hydrogens is 404 g/mol. The zero-order valence-electron chi connectivity index (χ0n) is 15.6. The van der Waals surface area contributed by atoms with Gasteiger partial charge >= 0.3 is 0 Å². The molecule has 1 aliphatic carbocycles. The molecule has 2 heterocycles. The van der Waals surface area contributed by atoms with Crippen LogP contribution >= 0.6 is 22.9 Å². The predicted molar refractivity (Wildman–Crippen MR) is 118 cm³/mol. The second kappa shape index (κ2) is 7.41. The fourth-order valence-corrected chi connectivity index (χ4v) is 5.25. The molecule has 29 heavy (non-hydrogen) atoms. The highest BCUT2D eigenvalue weighted by Gasteiger charge is 2.22. The summed E-state index contributed by atoms with van der Waals surface area (Å²) in [6, 6.07) is 15.8. The highest BCUT2D eigenvalue weighted by molar-refractivity contribution is 7.22. The number of hydrogen-bond acceptors (Lipinski definition) is 4. The average molecular weight is 423 g/mol. The first-order valence-corrected chi connectivity index (χ1v) is 10.8. The molecule has 0 saturated heterocycles. The Labute approximate surface area is 177 Å². The second-order valence-electron chi connectivity index (χ2n) is 7.45. The molecule has 6 heteroatoms. The van der Waals surface area contributed by atoms with Crippen molar-refractivity contribution in [3.8, 4) is 10.4 Å². The van der Waals surface area contributed by atoms with Crippen molar-refractivity contribution in [3.63, 3.8) is 0 Å². The summed E-state index contributed by atoms with van der Waals surface area (Å²) in [5.74, 6) is 0. The number of hydrogen-bond donors (Lipinski definition) is 1. The van der Waals surface area contributed by atoms with Crippen LogP contribution in [0.25, 0.3) is 20.7 Å². The van der Waals surface area contributed by atoms with E-state index < -0.39 is 0 Å². The predicted octanol–water partition coefficient (Wildman–Crippen LogP) is 5.00. The van der Waals surface area contributed by atoms with Crippen LogP contribution in [-0.4, -0.2) is 14.7 Å². The molecule has 0 radical (unpaired) electrons. The van der Waals surface area contributed by atoms with Crippen molar-refractivity contribution in [2.45, 2.75) is 31.9 Å². The molecule has 0 saturated carbocycles. The molecule has 5 rings (SSSR count). The Hall–Kier alpha value is -2.47. The molecule has 1 N–H and O–H groups in total. The van der Waals surface area contributed by atoms with E-state index in [9.17, 15) is 9.90 Å². The average Bonchev–Trinajstić information content (AvgIpc) is 3.19. The lowest BCUT2D eigenvalue weighted by atomic mass is 9.87. The van der Waals surface area contributed by atoms with Crippen LogP contribution in [0.4, 0.5) is 0 Å². The van der Waals surface area contributed by atoms with Crippen LogP contribution in [0.1, 0.15) is 29.2 Å². The smallest absolute Gasteiger partial charge is 0.271 e. The standard InChI is InChI=1S/C23H19ClN2O2S/c24-18-6-3-15(4-7-18)21-11-20-22(29-21)23(28)26(13-25-20)19-8-5-16-9-14(12-27)1-2-17(16)10-19/h1-4,6-7,9,11,13,19,27H,5,8,10,12H2. The van der Waals surface area contributed by atoms with Crippen LogP contribution in [0.3, 0.4) is 0 Å². The maximum Gasteiger partial charge on any atom is 0.271 e. The topological polar surface area (TPSA) is 55.1 Å². The van der Waals surface area contributed by atoms with Gasteiger partial charge in [0.2, 0.25) is 0 Å². The van der Waals surface area contributed by atoms with E-state index in [2.05, 4.69) is 17.1 Å². The first kappa shape index (κ1) is 18.6. The van der Waals surface area contributed by atoms with Crippen LogP contribution in [0.5, 0.6) is 0 Å². The lowest BCUT2D eigenvalue weighted by Gasteiger charge is -2.26. The van der Waals surface area contributed by atoms with Crippen molar-refractivity contribution in [1.82, 2.24) is 9.55 Å². The molecule has 0 aliphatic heterocycles. The lowest BCUT2D eigenvalue weighted by molar-refractivity contribution is 0.281. The number of fused-ring (bicyclic) bond motifs is 2. The molecule has 1 unspecified atom stereocenters. The van der Waals surface area contributed by atoms with Crippen molar-refractivity contribution in [2.24, 2.45) is 0 Å². The summed E-state index contributed by atoms with van der Waals surface area (Å²) in [7, 11) is 0. The summed E-state index contributed by atoms with van der Waals surface area (Å²) in [6.07, 6.45) is 4.30. The monoisotopic (exact) mass is 422 g/mol. The van der Waals surface area contributed by atoms with Crippen LogP contribution in [-0.2, 0) is 19.4 Å². The quantitative estimate of drug-likeness (QED) is 0.505. The Kier molecular flexibility index (Phi) is 4.74. The summed E-state index contributed by atoms with van der Waals surface area (Å²) in [5.41, 5.74) is 5.27. The van der Waals surface area contributed by atoms with Crippen LogP contribution in [0.2, 0.25) is 5.02 Å². The number of aryl methyl sites for hydroxylation is 1.